The molecule has 0 bridgehead atoms. The first-order chi connectivity index (χ1) is 9.97. The lowest BCUT2D eigenvalue weighted by Gasteiger charge is -2.38. The fraction of sp³-hybridized carbons (Fsp3) is 0.600. The molecule has 118 valence electrons. The molecule has 0 radical (unpaired) electrons. The van der Waals surface area contributed by atoms with E-state index in [9.17, 15) is 8.78 Å². The third-order valence-corrected chi connectivity index (χ3v) is 3.82. The van der Waals surface area contributed by atoms with E-state index in [4.69, 9.17) is 10.5 Å². The fourth-order valence-corrected chi connectivity index (χ4v) is 2.53. The number of hydrogen-bond acceptors (Lipinski definition) is 4. The topological polar surface area (TPSA) is 47.7 Å². The van der Waals surface area contributed by atoms with E-state index in [1.807, 2.05) is 19.9 Å². The van der Waals surface area contributed by atoms with Gasteiger partial charge in [0.15, 0.2) is 0 Å². The molecular formula is C15H22F2N2O2. The highest BCUT2D eigenvalue weighted by atomic mass is 19.3. The number of halogens is 2. The van der Waals surface area contributed by atoms with E-state index in [-0.39, 0.29) is 23.9 Å². The Bertz CT molecular complexity index is 457. The molecule has 21 heavy (non-hydrogen) atoms. The molecule has 0 saturated carbocycles. The summed E-state index contributed by atoms with van der Waals surface area (Å²) in [6.07, 6.45) is 0.00157. The van der Waals surface area contributed by atoms with Crippen molar-refractivity contribution in [1.82, 2.24) is 4.90 Å². The molecule has 0 spiro atoms. The van der Waals surface area contributed by atoms with Gasteiger partial charge in [-0.2, -0.15) is 8.78 Å². The minimum atomic E-state index is -2.80. The Balaban J connectivity index is 2.06. The number of benzene rings is 1. The molecule has 1 fully saturated rings. The SMILES string of the molecule is CC(N)C1CN(C(C)c2cccc(OC(F)F)c2)CCO1. The summed E-state index contributed by atoms with van der Waals surface area (Å²) in [7, 11) is 0. The molecule has 3 atom stereocenters. The number of nitrogens with two attached hydrogens (primary N) is 1. The Morgan fingerprint density at radius 1 is 1.38 bits per heavy atom. The minimum Gasteiger partial charge on any atom is -0.435 e. The molecule has 1 aliphatic heterocycles. The summed E-state index contributed by atoms with van der Waals surface area (Å²) in [5.41, 5.74) is 6.84. The quantitative estimate of drug-likeness (QED) is 0.907. The number of ether oxygens (including phenoxy) is 2. The van der Waals surface area contributed by atoms with Crippen molar-refractivity contribution < 1.29 is 18.3 Å². The molecule has 2 N–H and O–H groups in total. The lowest BCUT2D eigenvalue weighted by Crippen LogP contribution is -2.50. The standard InChI is InChI=1S/C15H22F2N2O2/c1-10(18)14-9-19(6-7-20-14)11(2)12-4-3-5-13(8-12)21-15(16)17/h3-5,8,10-11,14-15H,6-7,9,18H2,1-2H3. The fourth-order valence-electron chi connectivity index (χ4n) is 2.53. The van der Waals surface area contributed by atoms with E-state index in [2.05, 4.69) is 9.64 Å². The lowest BCUT2D eigenvalue weighted by atomic mass is 10.0. The van der Waals surface area contributed by atoms with Crippen LogP contribution in [-0.4, -0.2) is 43.4 Å². The van der Waals surface area contributed by atoms with Gasteiger partial charge in [0.05, 0.1) is 12.7 Å². The Morgan fingerprint density at radius 2 is 2.14 bits per heavy atom. The zero-order chi connectivity index (χ0) is 15.4. The highest BCUT2D eigenvalue weighted by molar-refractivity contribution is 5.30. The number of hydrogen-bond donors (Lipinski definition) is 1. The van der Waals surface area contributed by atoms with E-state index in [0.717, 1.165) is 18.7 Å². The van der Waals surface area contributed by atoms with Gasteiger partial charge in [0.2, 0.25) is 0 Å². The summed E-state index contributed by atoms with van der Waals surface area (Å²) in [5, 5.41) is 0. The van der Waals surface area contributed by atoms with Crippen LogP contribution in [0.25, 0.3) is 0 Å². The van der Waals surface area contributed by atoms with Gasteiger partial charge >= 0.3 is 6.61 Å². The monoisotopic (exact) mass is 300 g/mol. The van der Waals surface area contributed by atoms with E-state index in [1.54, 1.807) is 12.1 Å². The van der Waals surface area contributed by atoms with Gasteiger partial charge in [0.1, 0.15) is 5.75 Å². The van der Waals surface area contributed by atoms with Crippen LogP contribution in [0.3, 0.4) is 0 Å². The Hall–Kier alpha value is -1.24. The van der Waals surface area contributed by atoms with Crippen molar-refractivity contribution in [3.63, 3.8) is 0 Å². The van der Waals surface area contributed by atoms with Crippen LogP contribution in [0.1, 0.15) is 25.5 Å². The lowest BCUT2D eigenvalue weighted by molar-refractivity contribution is -0.0517. The van der Waals surface area contributed by atoms with Crippen LogP contribution in [0, 0.1) is 0 Å². The van der Waals surface area contributed by atoms with Crippen LogP contribution in [0.2, 0.25) is 0 Å². The van der Waals surface area contributed by atoms with Crippen molar-refractivity contribution >= 4 is 0 Å². The van der Waals surface area contributed by atoms with Crippen molar-refractivity contribution in [2.45, 2.75) is 38.6 Å². The van der Waals surface area contributed by atoms with Crippen molar-refractivity contribution in [1.29, 1.82) is 0 Å². The van der Waals surface area contributed by atoms with Gasteiger partial charge in [-0.3, -0.25) is 4.90 Å². The molecule has 0 aliphatic carbocycles. The second kappa shape index (κ2) is 7.15. The number of rotatable bonds is 5. The molecule has 2 rings (SSSR count). The summed E-state index contributed by atoms with van der Waals surface area (Å²) in [6.45, 7) is 3.33. The zero-order valence-corrected chi connectivity index (χ0v) is 12.3. The minimum absolute atomic E-state index is 0.00157. The van der Waals surface area contributed by atoms with Gasteiger partial charge in [-0.15, -0.1) is 0 Å². The van der Waals surface area contributed by atoms with Gasteiger partial charge in [-0.25, -0.2) is 0 Å². The predicted molar refractivity (Wildman–Crippen MR) is 76.5 cm³/mol. The Kier molecular flexibility index (Phi) is 5.50. The van der Waals surface area contributed by atoms with E-state index in [1.165, 1.54) is 6.07 Å². The van der Waals surface area contributed by atoms with Crippen LogP contribution in [0.15, 0.2) is 24.3 Å². The number of alkyl halides is 2. The van der Waals surface area contributed by atoms with Crippen molar-refractivity contribution in [2.24, 2.45) is 5.73 Å². The van der Waals surface area contributed by atoms with E-state index < -0.39 is 6.61 Å². The molecule has 3 unspecified atom stereocenters. The van der Waals surface area contributed by atoms with Crippen LogP contribution < -0.4 is 10.5 Å². The molecular weight excluding hydrogens is 278 g/mol. The van der Waals surface area contributed by atoms with Crippen molar-refractivity contribution in [3.05, 3.63) is 29.8 Å². The summed E-state index contributed by atoms with van der Waals surface area (Å²) in [4.78, 5) is 2.25. The summed E-state index contributed by atoms with van der Waals surface area (Å²) < 4.78 is 34.7. The zero-order valence-electron chi connectivity index (χ0n) is 12.3. The third kappa shape index (κ3) is 4.36. The average Bonchev–Trinajstić information content (AvgIpc) is 2.46. The molecule has 1 heterocycles. The van der Waals surface area contributed by atoms with Crippen LogP contribution >= 0.6 is 0 Å². The first-order valence-corrected chi connectivity index (χ1v) is 7.13. The third-order valence-electron chi connectivity index (χ3n) is 3.82. The number of nitrogens with zero attached hydrogens (tertiary/aromatic N) is 1. The second-order valence-corrected chi connectivity index (χ2v) is 5.39. The van der Waals surface area contributed by atoms with Crippen molar-refractivity contribution in [3.8, 4) is 5.75 Å². The normalized spacial score (nSPS) is 23.0. The largest absolute Gasteiger partial charge is 0.435 e. The summed E-state index contributed by atoms with van der Waals surface area (Å²) in [5.74, 6) is 0.186. The maximum Gasteiger partial charge on any atom is 0.387 e. The van der Waals surface area contributed by atoms with Gasteiger partial charge in [0.25, 0.3) is 0 Å². The molecule has 0 aromatic heterocycles. The van der Waals surface area contributed by atoms with E-state index >= 15 is 0 Å². The van der Waals surface area contributed by atoms with Gasteiger partial charge in [-0.05, 0) is 31.5 Å². The molecule has 1 saturated heterocycles. The Labute approximate surface area is 123 Å². The molecule has 1 aromatic carbocycles. The van der Waals surface area contributed by atoms with Gasteiger partial charge < -0.3 is 15.2 Å². The summed E-state index contributed by atoms with van der Waals surface area (Å²) >= 11 is 0. The molecule has 0 amide bonds. The first kappa shape index (κ1) is 16.1. The predicted octanol–water partition coefficient (Wildman–Crippen LogP) is 2.40. The number of morpholine rings is 1. The molecule has 6 heteroatoms. The van der Waals surface area contributed by atoms with Crippen LogP contribution in [0.5, 0.6) is 5.75 Å². The van der Waals surface area contributed by atoms with Crippen LogP contribution in [-0.2, 0) is 4.74 Å². The molecule has 1 aliphatic rings. The molecule has 4 nitrogen and oxygen atoms in total. The smallest absolute Gasteiger partial charge is 0.387 e. The highest BCUT2D eigenvalue weighted by Gasteiger charge is 2.27. The van der Waals surface area contributed by atoms with Crippen molar-refractivity contribution in [2.75, 3.05) is 19.7 Å². The Morgan fingerprint density at radius 3 is 2.81 bits per heavy atom. The van der Waals surface area contributed by atoms with Crippen LogP contribution in [0.4, 0.5) is 8.78 Å². The summed E-state index contributed by atoms with van der Waals surface area (Å²) in [6, 6.07) is 6.90. The maximum absolute atomic E-state index is 12.3. The second-order valence-electron chi connectivity index (χ2n) is 5.39. The van der Waals surface area contributed by atoms with Gasteiger partial charge in [0, 0.05) is 25.2 Å². The van der Waals surface area contributed by atoms with E-state index in [0.29, 0.717) is 6.61 Å². The maximum atomic E-state index is 12.3. The molecule has 1 aromatic rings. The first-order valence-electron chi connectivity index (χ1n) is 7.13. The average molecular weight is 300 g/mol. The highest BCUT2D eigenvalue weighted by Crippen LogP contribution is 2.26. The van der Waals surface area contributed by atoms with Gasteiger partial charge in [-0.1, -0.05) is 12.1 Å².